The molecule has 6 aromatic rings. The van der Waals surface area contributed by atoms with Crippen molar-refractivity contribution in [3.05, 3.63) is 148 Å². The fourth-order valence-corrected chi connectivity index (χ4v) is 18.0. The second-order valence-electron chi connectivity index (χ2n) is 30.6. The molecule has 6 fully saturated rings. The number of nitrogens with one attached hydrogen (secondary N) is 5. The molecule has 8 amide bonds. The van der Waals surface area contributed by atoms with Gasteiger partial charge in [-0.3, -0.25) is 48.0 Å². The van der Waals surface area contributed by atoms with E-state index in [4.69, 9.17) is 35.6 Å². The molecule has 0 radical (unpaired) electrons. The van der Waals surface area contributed by atoms with Crippen molar-refractivity contribution in [3.63, 3.8) is 0 Å². The molecule has 16 rings (SSSR count). The second kappa shape index (κ2) is 30.4. The number of aromatic nitrogens is 2. The highest BCUT2D eigenvalue weighted by molar-refractivity contribution is 7.92. The minimum absolute atomic E-state index is 0.0190. The first-order chi connectivity index (χ1) is 52.0. The smallest absolute Gasteiger partial charge is 0.410 e. The van der Waals surface area contributed by atoms with Gasteiger partial charge in [-0.1, -0.05) is 98.5 Å². The summed E-state index contributed by atoms with van der Waals surface area (Å²) < 4.78 is 106. The molecule has 8 heterocycles. The van der Waals surface area contributed by atoms with Gasteiger partial charge in [-0.05, 0) is 150 Å². The van der Waals surface area contributed by atoms with Crippen LogP contribution in [0.3, 0.4) is 0 Å². The fraction of sp³-hybridized carbons (Fsp3) is 0.500. The number of carbonyl (C=O) groups is 8. The van der Waals surface area contributed by atoms with Crippen LogP contribution in [0.4, 0.5) is 24.4 Å². The van der Waals surface area contributed by atoms with Crippen molar-refractivity contribution >= 4 is 107 Å². The van der Waals surface area contributed by atoms with Crippen LogP contribution >= 0.6 is 11.6 Å². The zero-order valence-electron chi connectivity index (χ0n) is 60.2. The molecule has 2 aromatic heterocycles. The van der Waals surface area contributed by atoms with Crippen LogP contribution < -0.4 is 31.1 Å². The third-order valence-electron chi connectivity index (χ3n) is 22.8. The fourth-order valence-electron chi connectivity index (χ4n) is 15.2. The number of halogens is 3. The van der Waals surface area contributed by atoms with E-state index in [0.29, 0.717) is 91.1 Å². The maximum absolute atomic E-state index is 14.6. The van der Waals surface area contributed by atoms with Gasteiger partial charge in [0.15, 0.2) is 11.2 Å². The second-order valence-corrected chi connectivity index (χ2v) is 35.3. The minimum atomic E-state index is -4.00. The van der Waals surface area contributed by atoms with E-state index in [1.54, 1.807) is 50.2 Å². The average molecular weight is 1560 g/mol. The maximum Gasteiger partial charge on any atom is 0.410 e. The highest BCUT2D eigenvalue weighted by Crippen LogP contribution is 2.50. The zero-order chi connectivity index (χ0) is 77.0. The number of nitrogens with zero attached hydrogens (tertiary/aromatic N) is 6. The first-order valence-electron chi connectivity index (χ1n) is 37.1. The number of carbonyl (C=O) groups excluding carboxylic acids is 8. The monoisotopic (exact) mass is 1560 g/mol. The largest absolute Gasteiger partial charge is 0.444 e. The van der Waals surface area contributed by atoms with Gasteiger partial charge in [0.05, 0.1) is 41.7 Å². The number of para-hydroxylation sites is 4. The standard InChI is InChI=1S/C38H43FN6O8S.C31H40FN5O7S.C7H4ClNO/c1-37(16-17-37)54(50,51)43-34(48)38-19-24(38)11-5-3-2-4-6-14-29(41-35-40-28-13-7-8-15-31(28)53-35)33(47)45-21-25(18-30(45)32(46)42-38)52-36(49)44-20-23-10-9-12-27(39)26(23)22-44;1-30(12-13-30)45(42,43)35-28(40)31-15-20(31)9-5-3-2-4-6-11-24(33)27(39)37-17-21(14-25(37)26(38)34-31)44-29(41)36-16-19-8-7-10-23(32)22(19)18-36;8-7-9-5-3-1-2-4-6(5)10-7/h5,7-13,15,24-25,29-30H,2-4,6,14,16-22H2,1H3,(H,40,41)(H,42,46)(H,43,48);5,7-10,20-21,24-25H,2-4,6,11-18,33H2,1H3,(H,34,38)(H,35,40);1-4H/b11-5-;9-5-;/t24-,25-,29+,30+,38-;20-,21-,24+,25+,31-;/m11./s1. The van der Waals surface area contributed by atoms with Crippen LogP contribution in [-0.2, 0) is 84.5 Å². The Morgan fingerprint density at radius 2 is 1.05 bits per heavy atom. The molecule has 7 N–H and O–H groups in total. The molecule has 6 aliphatic heterocycles. The maximum atomic E-state index is 14.6. The van der Waals surface area contributed by atoms with Gasteiger partial charge in [-0.15, -0.1) is 0 Å². The van der Waals surface area contributed by atoms with Crippen molar-refractivity contribution in [2.24, 2.45) is 17.6 Å². The number of ether oxygens (including phenoxy) is 2. The van der Waals surface area contributed by atoms with E-state index in [9.17, 15) is 64.0 Å². The van der Waals surface area contributed by atoms with Crippen molar-refractivity contribution in [3.8, 4) is 0 Å². The lowest BCUT2D eigenvalue weighted by Gasteiger charge is -2.29. The van der Waals surface area contributed by atoms with E-state index < -0.39 is 148 Å². The highest BCUT2D eigenvalue weighted by Gasteiger charge is 2.65. The van der Waals surface area contributed by atoms with Crippen LogP contribution in [0, 0.1) is 23.5 Å². The van der Waals surface area contributed by atoms with Crippen LogP contribution in [0.15, 0.2) is 118 Å². The summed E-state index contributed by atoms with van der Waals surface area (Å²) in [5.74, 6) is -5.57. The minimum Gasteiger partial charge on any atom is -0.444 e. The van der Waals surface area contributed by atoms with E-state index >= 15 is 0 Å². The van der Waals surface area contributed by atoms with Crippen molar-refractivity contribution in [2.45, 2.75) is 213 Å². The van der Waals surface area contributed by atoms with E-state index in [1.807, 2.05) is 60.7 Å². The van der Waals surface area contributed by atoms with Gasteiger partial charge in [0.1, 0.15) is 64.1 Å². The number of rotatable bonds is 10. The third kappa shape index (κ3) is 16.1. The molecule has 109 heavy (non-hydrogen) atoms. The summed E-state index contributed by atoms with van der Waals surface area (Å²) in [5.41, 5.74) is 8.08. The summed E-state index contributed by atoms with van der Waals surface area (Å²) >= 11 is 5.51. The molecule has 4 saturated carbocycles. The lowest BCUT2D eigenvalue weighted by Crippen LogP contribution is -2.58. The summed E-state index contributed by atoms with van der Waals surface area (Å²) in [4.78, 5) is 124. The van der Waals surface area contributed by atoms with Crippen molar-refractivity contribution in [1.82, 2.24) is 49.6 Å². The Morgan fingerprint density at radius 1 is 0.587 bits per heavy atom. The Bertz CT molecular complexity index is 4830. The number of allylic oxidation sites excluding steroid dienone is 2. The lowest BCUT2D eigenvalue weighted by atomic mass is 10.0. The number of hydrogen-bond donors (Lipinski definition) is 6. The summed E-state index contributed by atoms with van der Waals surface area (Å²) in [7, 11) is -7.96. The van der Waals surface area contributed by atoms with Crippen molar-refractivity contribution in [1.29, 1.82) is 0 Å². The Kier molecular flexibility index (Phi) is 21.3. The van der Waals surface area contributed by atoms with Crippen LogP contribution in [0.25, 0.3) is 22.2 Å². The summed E-state index contributed by atoms with van der Waals surface area (Å²) in [6.07, 6.45) is 13.3. The molecule has 10 aliphatic rings. The van der Waals surface area contributed by atoms with Gasteiger partial charge in [0.25, 0.3) is 23.2 Å². The van der Waals surface area contributed by atoms with Gasteiger partial charge in [0, 0.05) is 48.9 Å². The molecule has 0 spiro atoms. The van der Waals surface area contributed by atoms with Crippen LogP contribution in [0.5, 0.6) is 0 Å². The molecule has 580 valence electrons. The third-order valence-corrected chi connectivity index (χ3v) is 27.2. The van der Waals surface area contributed by atoms with E-state index in [1.165, 1.54) is 31.7 Å². The summed E-state index contributed by atoms with van der Waals surface area (Å²) in [6, 6.07) is 20.1. The molecule has 28 nitrogen and oxygen atoms in total. The molecular formula is C76H87ClF2N12O16S2. The Labute approximate surface area is 633 Å². The molecule has 10 atom stereocenters. The predicted molar refractivity (Wildman–Crippen MR) is 392 cm³/mol. The average Bonchev–Trinajstić information content (AvgIpc) is 1.57. The Balaban J connectivity index is 0.000000163. The molecule has 4 aromatic carbocycles. The van der Waals surface area contributed by atoms with Gasteiger partial charge < -0.3 is 49.8 Å². The topological polar surface area (TPSA) is 374 Å². The lowest BCUT2D eigenvalue weighted by molar-refractivity contribution is -0.140. The van der Waals surface area contributed by atoms with E-state index in [-0.39, 0.29) is 76.3 Å². The number of fused-ring (bicyclic) bond motifs is 8. The Hall–Kier alpha value is -9.53. The Morgan fingerprint density at radius 3 is 1.51 bits per heavy atom. The van der Waals surface area contributed by atoms with Crippen LogP contribution in [0.2, 0.25) is 5.35 Å². The number of nitrogens with two attached hydrogens (primary N) is 1. The molecule has 0 bridgehead atoms. The number of oxazole rings is 2. The van der Waals surface area contributed by atoms with Gasteiger partial charge in [-0.2, -0.15) is 9.97 Å². The summed E-state index contributed by atoms with van der Waals surface area (Å²) in [6.45, 7) is 3.32. The number of benzene rings is 4. The van der Waals surface area contributed by atoms with Crippen molar-refractivity contribution in [2.75, 3.05) is 18.4 Å². The zero-order valence-corrected chi connectivity index (χ0v) is 62.6. The predicted octanol–water partition coefficient (Wildman–Crippen LogP) is 8.71. The molecular weight excluding hydrogens is 1470 g/mol. The van der Waals surface area contributed by atoms with Crippen LogP contribution in [0.1, 0.15) is 152 Å². The van der Waals surface area contributed by atoms with Gasteiger partial charge >= 0.3 is 12.2 Å². The number of sulfonamides is 2. The molecule has 4 aliphatic carbocycles. The summed E-state index contributed by atoms with van der Waals surface area (Å²) in [5, 5.41) is 8.98. The molecule has 0 unspecified atom stereocenters. The van der Waals surface area contributed by atoms with Crippen LogP contribution in [-0.4, -0.2) is 164 Å². The van der Waals surface area contributed by atoms with Gasteiger partial charge in [0.2, 0.25) is 43.7 Å². The number of hydrogen-bond acceptors (Lipinski definition) is 20. The van der Waals surface area contributed by atoms with Gasteiger partial charge in [-0.25, -0.2) is 35.2 Å². The highest BCUT2D eigenvalue weighted by atomic mass is 35.5. The van der Waals surface area contributed by atoms with E-state index in [2.05, 4.69) is 35.4 Å². The first-order valence-corrected chi connectivity index (χ1v) is 40.4. The van der Waals surface area contributed by atoms with Crippen molar-refractivity contribution < 1.29 is 82.3 Å². The molecule has 33 heteroatoms. The number of amides is 8. The molecule has 2 saturated heterocycles. The quantitative estimate of drug-likeness (QED) is 0.0698. The SMILES string of the molecule is CC1(S(=O)(=O)NC(=O)[C@@]23C[C@H]2/C=C\CCCCC[C@H](N)C(=O)N2C[C@H](OC(=O)N4Cc5cccc(F)c5C4)C[C@H]2C(=O)N3)CC1.CC1(S(=O)(=O)NC(=O)[C@@]23C[C@H]2/C=C\CCCCC[C@H](Nc2nc4ccccc4o2)C(=O)N2C[C@H](OC(=O)N4Cc5cccc(F)c5C4)C[C@H]2C(=O)N3)CC1.Clc1nc2ccccc2o1. The first kappa shape index (κ1) is 76.2. The number of anilines is 1. The van der Waals surface area contributed by atoms with E-state index in [0.717, 1.165) is 43.2 Å². The normalized spacial score (nSPS) is 28.2.